The van der Waals surface area contributed by atoms with Gasteiger partial charge in [-0.3, -0.25) is 4.79 Å². The molecule has 0 aliphatic rings. The van der Waals surface area contributed by atoms with E-state index in [0.717, 1.165) is 5.56 Å². The van der Waals surface area contributed by atoms with Gasteiger partial charge in [-0.25, -0.2) is 17.5 Å². The van der Waals surface area contributed by atoms with Crippen molar-refractivity contribution < 1.29 is 22.3 Å². The zero-order chi connectivity index (χ0) is 22.4. The summed E-state index contributed by atoms with van der Waals surface area (Å²) in [5.41, 5.74) is 1.54. The van der Waals surface area contributed by atoms with Crippen LogP contribution in [0.4, 0.5) is 10.1 Å². The molecule has 0 unspecified atom stereocenters. The maximum atomic E-state index is 13.0. The number of sulfonamides is 1. The van der Waals surface area contributed by atoms with Crippen molar-refractivity contribution >= 4 is 21.6 Å². The van der Waals surface area contributed by atoms with E-state index in [4.69, 9.17) is 4.74 Å². The second-order valence-corrected chi connectivity index (χ2v) is 8.88. The van der Waals surface area contributed by atoms with Gasteiger partial charge in [0.2, 0.25) is 10.0 Å². The summed E-state index contributed by atoms with van der Waals surface area (Å²) in [6.07, 6.45) is 0. The molecule has 0 aliphatic heterocycles. The minimum atomic E-state index is -3.61. The van der Waals surface area contributed by atoms with E-state index < -0.39 is 15.9 Å². The van der Waals surface area contributed by atoms with Crippen LogP contribution in [-0.4, -0.2) is 20.4 Å². The third kappa shape index (κ3) is 6.13. The summed E-state index contributed by atoms with van der Waals surface area (Å²) in [5.74, 6) is -0.349. The number of amides is 1. The van der Waals surface area contributed by atoms with E-state index in [9.17, 15) is 17.6 Å². The van der Waals surface area contributed by atoms with Gasteiger partial charge in [-0.2, -0.15) is 0 Å². The molecule has 6 nitrogen and oxygen atoms in total. The van der Waals surface area contributed by atoms with Crippen LogP contribution in [0.2, 0.25) is 0 Å². The standard InChI is InChI=1S/C23H23FN2O4S/c1-16(2)26-31(28,29)20-13-11-19(12-14-20)25-23(27)21-5-3-4-6-22(21)30-15-17-7-9-18(24)10-8-17/h3-14,16,26H,15H2,1-2H3,(H,25,27). The summed E-state index contributed by atoms with van der Waals surface area (Å²) in [4.78, 5) is 12.9. The lowest BCUT2D eigenvalue weighted by atomic mass is 10.1. The Bertz CT molecular complexity index is 1140. The fourth-order valence-corrected chi connectivity index (χ4v) is 4.07. The Morgan fingerprint density at radius 1 is 0.968 bits per heavy atom. The number of hydrogen-bond acceptors (Lipinski definition) is 4. The molecule has 3 aromatic rings. The predicted octanol–water partition coefficient (Wildman–Crippen LogP) is 4.34. The van der Waals surface area contributed by atoms with Gasteiger partial charge >= 0.3 is 0 Å². The van der Waals surface area contributed by atoms with Crippen LogP contribution >= 0.6 is 0 Å². The van der Waals surface area contributed by atoms with Crippen LogP contribution in [0.1, 0.15) is 29.8 Å². The number of anilines is 1. The number of ether oxygens (including phenoxy) is 1. The molecule has 1 amide bonds. The van der Waals surface area contributed by atoms with Gasteiger partial charge in [0.15, 0.2) is 0 Å². The van der Waals surface area contributed by atoms with Crippen LogP contribution in [0, 0.1) is 5.82 Å². The molecular weight excluding hydrogens is 419 g/mol. The molecule has 2 N–H and O–H groups in total. The predicted molar refractivity (Wildman–Crippen MR) is 117 cm³/mol. The fraction of sp³-hybridized carbons (Fsp3) is 0.174. The smallest absolute Gasteiger partial charge is 0.259 e. The summed E-state index contributed by atoms with van der Waals surface area (Å²) in [6.45, 7) is 3.66. The van der Waals surface area contributed by atoms with Crippen LogP contribution in [-0.2, 0) is 16.6 Å². The Hall–Kier alpha value is -3.23. The molecule has 8 heteroatoms. The fourth-order valence-electron chi connectivity index (χ4n) is 2.82. The molecule has 0 fully saturated rings. The summed E-state index contributed by atoms with van der Waals surface area (Å²) in [6, 6.07) is 18.4. The van der Waals surface area contributed by atoms with Gasteiger partial charge in [0.05, 0.1) is 10.5 Å². The largest absolute Gasteiger partial charge is 0.488 e. The van der Waals surface area contributed by atoms with E-state index in [1.807, 2.05) is 0 Å². The molecule has 0 radical (unpaired) electrons. The topological polar surface area (TPSA) is 84.5 Å². The summed E-state index contributed by atoms with van der Waals surface area (Å²) < 4.78 is 45.7. The number of halogens is 1. The maximum absolute atomic E-state index is 13.0. The van der Waals surface area contributed by atoms with E-state index in [1.165, 1.54) is 36.4 Å². The maximum Gasteiger partial charge on any atom is 0.259 e. The molecule has 0 bridgehead atoms. The van der Waals surface area contributed by atoms with E-state index in [1.54, 1.807) is 50.2 Å². The first-order valence-electron chi connectivity index (χ1n) is 9.64. The summed E-state index contributed by atoms with van der Waals surface area (Å²) in [7, 11) is -3.61. The molecule has 0 spiro atoms. The van der Waals surface area contributed by atoms with E-state index in [-0.39, 0.29) is 23.4 Å². The molecule has 0 aliphatic carbocycles. The molecule has 31 heavy (non-hydrogen) atoms. The molecule has 162 valence electrons. The van der Waals surface area contributed by atoms with Crippen LogP contribution < -0.4 is 14.8 Å². The molecule has 3 rings (SSSR count). The van der Waals surface area contributed by atoms with Crippen molar-refractivity contribution in [2.24, 2.45) is 0 Å². The van der Waals surface area contributed by atoms with Gasteiger partial charge in [0.1, 0.15) is 18.2 Å². The van der Waals surface area contributed by atoms with E-state index in [2.05, 4.69) is 10.0 Å². The molecular formula is C23H23FN2O4S. The highest BCUT2D eigenvalue weighted by atomic mass is 32.2. The van der Waals surface area contributed by atoms with Gasteiger partial charge in [0, 0.05) is 11.7 Å². The SMILES string of the molecule is CC(C)NS(=O)(=O)c1ccc(NC(=O)c2ccccc2OCc2ccc(F)cc2)cc1. The van der Waals surface area contributed by atoms with Crippen molar-refractivity contribution in [2.45, 2.75) is 31.4 Å². The first-order valence-corrected chi connectivity index (χ1v) is 11.1. The monoisotopic (exact) mass is 442 g/mol. The molecule has 0 aromatic heterocycles. The third-order valence-corrected chi connectivity index (χ3v) is 5.93. The average Bonchev–Trinajstić information content (AvgIpc) is 2.73. The number of hydrogen-bond donors (Lipinski definition) is 2. The van der Waals surface area contributed by atoms with Crippen LogP contribution in [0.3, 0.4) is 0 Å². The Kier molecular flexibility index (Phi) is 7.04. The normalized spacial score (nSPS) is 11.4. The molecule has 3 aromatic carbocycles. The second kappa shape index (κ2) is 9.72. The van der Waals surface area contributed by atoms with Crippen molar-refractivity contribution in [3.63, 3.8) is 0 Å². The molecule has 0 saturated carbocycles. The van der Waals surface area contributed by atoms with Gasteiger partial charge in [-0.1, -0.05) is 24.3 Å². The van der Waals surface area contributed by atoms with Gasteiger partial charge < -0.3 is 10.1 Å². The van der Waals surface area contributed by atoms with Crippen molar-refractivity contribution in [2.75, 3.05) is 5.32 Å². The van der Waals surface area contributed by atoms with Gasteiger partial charge in [0.25, 0.3) is 5.91 Å². The van der Waals surface area contributed by atoms with Gasteiger partial charge in [-0.05, 0) is 67.9 Å². The van der Waals surface area contributed by atoms with Crippen molar-refractivity contribution in [3.8, 4) is 5.75 Å². The molecule has 0 saturated heterocycles. The quantitative estimate of drug-likeness (QED) is 0.543. The Morgan fingerprint density at radius 3 is 2.26 bits per heavy atom. The Balaban J connectivity index is 1.70. The number of para-hydroxylation sites is 1. The third-order valence-electron chi connectivity index (χ3n) is 4.25. The van der Waals surface area contributed by atoms with Crippen LogP contribution in [0.15, 0.2) is 77.7 Å². The first kappa shape index (κ1) is 22.5. The molecule has 0 heterocycles. The lowest BCUT2D eigenvalue weighted by molar-refractivity contribution is 0.102. The van der Waals surface area contributed by atoms with Crippen LogP contribution in [0.25, 0.3) is 0 Å². The van der Waals surface area contributed by atoms with E-state index in [0.29, 0.717) is 17.0 Å². The minimum absolute atomic E-state index is 0.113. The number of carbonyl (C=O) groups excluding carboxylic acids is 1. The number of rotatable bonds is 8. The van der Waals surface area contributed by atoms with Crippen molar-refractivity contribution in [3.05, 3.63) is 89.7 Å². The first-order chi connectivity index (χ1) is 14.7. The minimum Gasteiger partial charge on any atom is -0.488 e. The average molecular weight is 443 g/mol. The lowest BCUT2D eigenvalue weighted by Gasteiger charge is -2.13. The number of carbonyl (C=O) groups is 1. The van der Waals surface area contributed by atoms with Crippen LogP contribution in [0.5, 0.6) is 5.75 Å². The zero-order valence-electron chi connectivity index (χ0n) is 17.1. The van der Waals surface area contributed by atoms with Gasteiger partial charge in [-0.15, -0.1) is 0 Å². The Morgan fingerprint density at radius 2 is 1.61 bits per heavy atom. The Labute approximate surface area is 181 Å². The van der Waals surface area contributed by atoms with Crippen molar-refractivity contribution in [1.82, 2.24) is 4.72 Å². The number of nitrogens with one attached hydrogen (secondary N) is 2. The number of benzene rings is 3. The highest BCUT2D eigenvalue weighted by Crippen LogP contribution is 2.22. The lowest BCUT2D eigenvalue weighted by Crippen LogP contribution is -2.30. The highest BCUT2D eigenvalue weighted by molar-refractivity contribution is 7.89. The summed E-state index contributed by atoms with van der Waals surface area (Å²) >= 11 is 0. The molecule has 0 atom stereocenters. The van der Waals surface area contributed by atoms with E-state index >= 15 is 0 Å². The zero-order valence-corrected chi connectivity index (χ0v) is 17.9. The summed E-state index contributed by atoms with van der Waals surface area (Å²) in [5, 5.41) is 2.74. The van der Waals surface area contributed by atoms with Crippen molar-refractivity contribution in [1.29, 1.82) is 0 Å². The second-order valence-electron chi connectivity index (χ2n) is 7.17. The highest BCUT2D eigenvalue weighted by Gasteiger charge is 2.16.